The molecule has 30 heavy (non-hydrogen) atoms. The van der Waals surface area contributed by atoms with Gasteiger partial charge < -0.3 is 24.8 Å². The van der Waals surface area contributed by atoms with Gasteiger partial charge in [-0.2, -0.15) is 0 Å². The van der Waals surface area contributed by atoms with Crippen LogP contribution in [0.3, 0.4) is 0 Å². The molecule has 0 amide bonds. The molecule has 3 rings (SSSR count). The molecule has 2 aliphatic rings. The van der Waals surface area contributed by atoms with Gasteiger partial charge in [0, 0.05) is 52.5 Å². The van der Waals surface area contributed by atoms with Crippen LogP contribution in [0.4, 0.5) is 0 Å². The molecule has 168 valence electrons. The van der Waals surface area contributed by atoms with Gasteiger partial charge in [0.2, 0.25) is 0 Å². The average Bonchev–Trinajstić information content (AvgIpc) is 3.59. The molecule has 0 atom stereocenters. The Balaban J connectivity index is 1.39. The molecule has 0 saturated heterocycles. The summed E-state index contributed by atoms with van der Waals surface area (Å²) in [6, 6.07) is 4.23. The summed E-state index contributed by atoms with van der Waals surface area (Å²) in [5.74, 6) is 3.34. The van der Waals surface area contributed by atoms with E-state index in [0.717, 1.165) is 88.7 Å². The zero-order valence-corrected chi connectivity index (χ0v) is 18.8. The molecule has 1 heterocycles. The highest BCUT2D eigenvalue weighted by molar-refractivity contribution is 5.79. The minimum atomic E-state index is 0.790. The number of nitrogens with one attached hydrogen (secondary N) is 2. The van der Waals surface area contributed by atoms with Crippen molar-refractivity contribution in [2.24, 2.45) is 10.9 Å². The molecule has 7 heteroatoms. The van der Waals surface area contributed by atoms with E-state index in [1.54, 1.807) is 14.2 Å². The van der Waals surface area contributed by atoms with Crippen molar-refractivity contribution in [1.82, 2.24) is 15.5 Å². The lowest BCUT2D eigenvalue weighted by atomic mass is 9.99. The van der Waals surface area contributed by atoms with Gasteiger partial charge in [0.15, 0.2) is 17.5 Å². The van der Waals surface area contributed by atoms with Crippen LogP contribution in [0.15, 0.2) is 17.1 Å². The number of rotatable bonds is 12. The third-order valence-corrected chi connectivity index (χ3v) is 5.63. The minimum Gasteiger partial charge on any atom is -0.493 e. The third-order valence-electron chi connectivity index (χ3n) is 5.63. The van der Waals surface area contributed by atoms with Gasteiger partial charge in [0.05, 0.1) is 14.2 Å². The van der Waals surface area contributed by atoms with Gasteiger partial charge in [0.1, 0.15) is 0 Å². The third kappa shape index (κ3) is 7.06. The van der Waals surface area contributed by atoms with E-state index in [9.17, 15) is 0 Å². The lowest BCUT2D eigenvalue weighted by molar-refractivity contribution is 0.123. The van der Waals surface area contributed by atoms with Crippen molar-refractivity contribution >= 4 is 5.96 Å². The summed E-state index contributed by atoms with van der Waals surface area (Å²) in [6.45, 7) is 9.32. The fourth-order valence-corrected chi connectivity index (χ4v) is 3.70. The number of hydrogen-bond donors (Lipinski definition) is 2. The maximum Gasteiger partial charge on any atom is 0.191 e. The number of ether oxygens (including phenoxy) is 3. The van der Waals surface area contributed by atoms with E-state index in [1.807, 2.05) is 0 Å². The summed E-state index contributed by atoms with van der Waals surface area (Å²) in [7, 11) is 3.38. The van der Waals surface area contributed by atoms with E-state index >= 15 is 0 Å². The first-order valence-electron chi connectivity index (χ1n) is 11.3. The molecule has 0 unspecified atom stereocenters. The highest BCUT2D eigenvalue weighted by Gasteiger charge is 2.21. The number of hydrogen-bond acceptors (Lipinski definition) is 5. The Labute approximate surface area is 181 Å². The van der Waals surface area contributed by atoms with Crippen molar-refractivity contribution in [2.45, 2.75) is 39.2 Å². The van der Waals surface area contributed by atoms with Crippen LogP contribution < -0.4 is 20.1 Å². The fraction of sp³-hybridized carbons (Fsp3) is 0.696. The SMILES string of the molecule is CCNC(=NCCCOCC1CC1)NCCN1CCc2cc(OC)c(OC)cc2C1. The van der Waals surface area contributed by atoms with Crippen LogP contribution >= 0.6 is 0 Å². The van der Waals surface area contributed by atoms with Crippen LogP contribution in [0, 0.1) is 5.92 Å². The molecule has 0 radical (unpaired) electrons. The van der Waals surface area contributed by atoms with Gasteiger partial charge in [-0.3, -0.25) is 9.89 Å². The Hall–Kier alpha value is -1.99. The first-order chi connectivity index (χ1) is 14.7. The quantitative estimate of drug-likeness (QED) is 0.309. The Morgan fingerprint density at radius 3 is 2.60 bits per heavy atom. The van der Waals surface area contributed by atoms with E-state index in [1.165, 1.54) is 24.0 Å². The second kappa shape index (κ2) is 12.0. The highest BCUT2D eigenvalue weighted by Crippen LogP contribution is 2.33. The van der Waals surface area contributed by atoms with Crippen molar-refractivity contribution in [1.29, 1.82) is 0 Å². The van der Waals surface area contributed by atoms with Crippen LogP contribution in [0.1, 0.15) is 37.3 Å². The molecule has 7 nitrogen and oxygen atoms in total. The Morgan fingerprint density at radius 1 is 1.13 bits per heavy atom. The normalized spacial score (nSPS) is 16.8. The van der Waals surface area contributed by atoms with E-state index in [4.69, 9.17) is 14.2 Å². The van der Waals surface area contributed by atoms with Gasteiger partial charge in [-0.15, -0.1) is 0 Å². The topological polar surface area (TPSA) is 67.4 Å². The Kier molecular flexibility index (Phi) is 9.08. The largest absolute Gasteiger partial charge is 0.493 e. The van der Waals surface area contributed by atoms with E-state index in [0.29, 0.717) is 0 Å². The maximum absolute atomic E-state index is 5.69. The van der Waals surface area contributed by atoms with E-state index < -0.39 is 0 Å². The lowest BCUT2D eigenvalue weighted by Gasteiger charge is -2.29. The van der Waals surface area contributed by atoms with Crippen LogP contribution in [0.5, 0.6) is 11.5 Å². The molecule has 0 aromatic heterocycles. The van der Waals surface area contributed by atoms with Crippen molar-refractivity contribution in [3.63, 3.8) is 0 Å². The average molecular weight is 419 g/mol. The predicted molar refractivity (Wildman–Crippen MR) is 121 cm³/mol. The monoisotopic (exact) mass is 418 g/mol. The zero-order chi connectivity index (χ0) is 21.2. The Morgan fingerprint density at radius 2 is 1.90 bits per heavy atom. The van der Waals surface area contributed by atoms with Crippen molar-refractivity contribution < 1.29 is 14.2 Å². The number of nitrogens with zero attached hydrogens (tertiary/aromatic N) is 2. The molecule has 1 saturated carbocycles. The molecule has 0 bridgehead atoms. The maximum atomic E-state index is 5.69. The molecular formula is C23H38N4O3. The van der Waals surface area contributed by atoms with Gasteiger partial charge in [-0.25, -0.2) is 0 Å². The number of fused-ring (bicyclic) bond motifs is 1. The first kappa shape index (κ1) is 22.7. The molecule has 1 aromatic rings. The molecule has 1 aliphatic heterocycles. The van der Waals surface area contributed by atoms with Crippen molar-refractivity contribution in [3.05, 3.63) is 23.3 Å². The fourth-order valence-electron chi connectivity index (χ4n) is 3.70. The van der Waals surface area contributed by atoms with Crippen LogP contribution in [0.2, 0.25) is 0 Å². The molecule has 1 fully saturated rings. The molecule has 0 spiro atoms. The summed E-state index contributed by atoms with van der Waals surface area (Å²) in [5.41, 5.74) is 2.68. The Bertz CT molecular complexity index is 691. The van der Waals surface area contributed by atoms with Gasteiger partial charge in [-0.05, 0) is 61.8 Å². The van der Waals surface area contributed by atoms with Crippen LogP contribution in [-0.4, -0.2) is 71.0 Å². The number of guanidine groups is 1. The standard InChI is InChI=1S/C23H38N4O3/c1-4-24-23(25-9-5-13-30-17-18-6-7-18)26-10-12-27-11-8-19-14-21(28-2)22(29-3)15-20(19)16-27/h14-15,18H,4-13,16-17H2,1-3H3,(H2,24,25,26). The van der Waals surface area contributed by atoms with Crippen LogP contribution in [-0.2, 0) is 17.7 Å². The van der Waals surface area contributed by atoms with Gasteiger partial charge in [0.25, 0.3) is 0 Å². The number of aliphatic imine (C=N–C) groups is 1. The zero-order valence-electron chi connectivity index (χ0n) is 18.8. The molecule has 1 aliphatic carbocycles. The summed E-state index contributed by atoms with van der Waals surface area (Å²) < 4.78 is 16.6. The smallest absolute Gasteiger partial charge is 0.191 e. The van der Waals surface area contributed by atoms with Crippen molar-refractivity contribution in [3.8, 4) is 11.5 Å². The van der Waals surface area contributed by atoms with Crippen molar-refractivity contribution in [2.75, 3.05) is 60.2 Å². The van der Waals surface area contributed by atoms with E-state index in [-0.39, 0.29) is 0 Å². The molecule has 2 N–H and O–H groups in total. The number of methoxy groups -OCH3 is 2. The van der Waals surface area contributed by atoms with Gasteiger partial charge in [-0.1, -0.05) is 0 Å². The second-order valence-electron chi connectivity index (χ2n) is 8.06. The summed E-state index contributed by atoms with van der Waals surface area (Å²) >= 11 is 0. The van der Waals surface area contributed by atoms with E-state index in [2.05, 4.69) is 39.6 Å². The highest BCUT2D eigenvalue weighted by atomic mass is 16.5. The van der Waals surface area contributed by atoms with Crippen LogP contribution in [0.25, 0.3) is 0 Å². The summed E-state index contributed by atoms with van der Waals surface area (Å²) in [6.07, 6.45) is 4.69. The lowest BCUT2D eigenvalue weighted by Crippen LogP contribution is -2.42. The first-order valence-corrected chi connectivity index (χ1v) is 11.3. The summed E-state index contributed by atoms with van der Waals surface area (Å²) in [5, 5.41) is 6.80. The van der Waals surface area contributed by atoms with Gasteiger partial charge >= 0.3 is 0 Å². The second-order valence-corrected chi connectivity index (χ2v) is 8.06. The summed E-state index contributed by atoms with van der Waals surface area (Å²) in [4.78, 5) is 7.14. The molecular weight excluding hydrogens is 380 g/mol. The minimum absolute atomic E-state index is 0.790. The predicted octanol–water partition coefficient (Wildman–Crippen LogP) is 2.43. The molecule has 1 aromatic carbocycles. The number of benzene rings is 1.